The number of benzene rings is 1. The van der Waals surface area contributed by atoms with Gasteiger partial charge in [-0.15, -0.1) is 0 Å². The van der Waals surface area contributed by atoms with E-state index in [9.17, 15) is 0 Å². The van der Waals surface area contributed by atoms with Gasteiger partial charge in [0.25, 0.3) is 0 Å². The Kier molecular flexibility index (Phi) is 5.57. The molecule has 0 radical (unpaired) electrons. The van der Waals surface area contributed by atoms with E-state index < -0.39 is 0 Å². The third-order valence-electron chi connectivity index (χ3n) is 3.51. The minimum Gasteiger partial charge on any atom is -0.391 e. The van der Waals surface area contributed by atoms with Crippen molar-refractivity contribution in [3.63, 3.8) is 0 Å². The Morgan fingerprint density at radius 2 is 1.95 bits per heavy atom. The average Bonchev–Trinajstić information content (AvgIpc) is 2.47. The number of piperazine rings is 1. The van der Waals surface area contributed by atoms with Crippen LogP contribution in [0.2, 0.25) is 0 Å². The van der Waals surface area contributed by atoms with Crippen LogP contribution >= 0.6 is 12.2 Å². The molecule has 1 aromatic carbocycles. The van der Waals surface area contributed by atoms with E-state index >= 15 is 0 Å². The summed E-state index contributed by atoms with van der Waals surface area (Å²) in [6, 6.07) is 10.3. The van der Waals surface area contributed by atoms with Crippen LogP contribution in [0.1, 0.15) is 5.56 Å². The SMILES string of the molecule is OCC[NH+]1CCN(C(=S)NCc2ccccc2)CC1. The standard InChI is InChI=1S/C14H21N3OS/c18-11-10-16-6-8-17(9-7-16)14(19)15-12-13-4-2-1-3-5-13/h1-5,18H,6-12H2,(H,15,19)/p+1. The molecule has 1 fully saturated rings. The lowest BCUT2D eigenvalue weighted by Gasteiger charge is -2.33. The molecule has 3 N–H and O–H groups in total. The van der Waals surface area contributed by atoms with E-state index in [0.29, 0.717) is 0 Å². The number of hydrogen-bond donors (Lipinski definition) is 3. The summed E-state index contributed by atoms with van der Waals surface area (Å²) in [4.78, 5) is 3.68. The van der Waals surface area contributed by atoms with Crippen LogP contribution in [-0.4, -0.2) is 54.4 Å². The molecule has 0 amide bonds. The number of thiocarbonyl (C=S) groups is 1. The Hall–Kier alpha value is -1.17. The van der Waals surface area contributed by atoms with Crippen LogP contribution in [0, 0.1) is 0 Å². The molecule has 2 rings (SSSR count). The Morgan fingerprint density at radius 1 is 1.26 bits per heavy atom. The van der Waals surface area contributed by atoms with Gasteiger partial charge in [-0.2, -0.15) is 0 Å². The van der Waals surface area contributed by atoms with Crippen LogP contribution in [0.5, 0.6) is 0 Å². The number of nitrogens with zero attached hydrogens (tertiary/aromatic N) is 1. The van der Waals surface area contributed by atoms with E-state index in [2.05, 4.69) is 22.3 Å². The Balaban J connectivity index is 1.73. The molecule has 1 aliphatic rings. The van der Waals surface area contributed by atoms with Gasteiger partial charge < -0.3 is 20.2 Å². The zero-order valence-electron chi connectivity index (χ0n) is 11.1. The molecule has 19 heavy (non-hydrogen) atoms. The fourth-order valence-corrected chi connectivity index (χ4v) is 2.57. The van der Waals surface area contributed by atoms with Crippen molar-refractivity contribution in [2.45, 2.75) is 6.54 Å². The lowest BCUT2D eigenvalue weighted by atomic mass is 10.2. The number of nitrogens with one attached hydrogen (secondary N) is 2. The first-order valence-corrected chi connectivity index (χ1v) is 7.21. The van der Waals surface area contributed by atoms with Crippen molar-refractivity contribution in [3.8, 4) is 0 Å². The van der Waals surface area contributed by atoms with Gasteiger partial charge in [0, 0.05) is 6.54 Å². The van der Waals surface area contributed by atoms with Crippen molar-refractivity contribution < 1.29 is 10.0 Å². The van der Waals surface area contributed by atoms with E-state index in [-0.39, 0.29) is 6.61 Å². The smallest absolute Gasteiger partial charge is 0.169 e. The van der Waals surface area contributed by atoms with Gasteiger partial charge >= 0.3 is 0 Å². The lowest BCUT2D eigenvalue weighted by Crippen LogP contribution is -3.15. The van der Waals surface area contributed by atoms with Crippen molar-refractivity contribution in [2.24, 2.45) is 0 Å². The highest BCUT2D eigenvalue weighted by molar-refractivity contribution is 7.80. The van der Waals surface area contributed by atoms with Crippen LogP contribution in [0.15, 0.2) is 30.3 Å². The number of hydrogen-bond acceptors (Lipinski definition) is 2. The lowest BCUT2D eigenvalue weighted by molar-refractivity contribution is -0.904. The number of rotatable bonds is 4. The van der Waals surface area contributed by atoms with Crippen LogP contribution < -0.4 is 10.2 Å². The Morgan fingerprint density at radius 3 is 2.58 bits per heavy atom. The normalized spacial score (nSPS) is 16.4. The molecule has 0 aliphatic carbocycles. The highest BCUT2D eigenvalue weighted by Gasteiger charge is 2.20. The summed E-state index contributed by atoms with van der Waals surface area (Å²) in [6.45, 7) is 5.93. The summed E-state index contributed by atoms with van der Waals surface area (Å²) in [6.07, 6.45) is 0. The van der Waals surface area contributed by atoms with Gasteiger partial charge in [0.05, 0.1) is 32.8 Å². The highest BCUT2D eigenvalue weighted by Crippen LogP contribution is 1.99. The monoisotopic (exact) mass is 280 g/mol. The van der Waals surface area contributed by atoms with E-state index in [1.807, 2.05) is 18.2 Å². The third-order valence-corrected chi connectivity index (χ3v) is 3.91. The second-order valence-electron chi connectivity index (χ2n) is 4.85. The van der Waals surface area contributed by atoms with Gasteiger partial charge in [-0.05, 0) is 17.8 Å². The van der Waals surface area contributed by atoms with Crippen LogP contribution in [0.3, 0.4) is 0 Å². The summed E-state index contributed by atoms with van der Waals surface area (Å²) in [5.74, 6) is 0. The number of aliphatic hydroxyl groups excluding tert-OH is 1. The summed E-state index contributed by atoms with van der Waals surface area (Å²) >= 11 is 5.43. The largest absolute Gasteiger partial charge is 0.391 e. The quantitative estimate of drug-likeness (QED) is 0.635. The van der Waals surface area contributed by atoms with Crippen molar-refractivity contribution in [2.75, 3.05) is 39.3 Å². The molecule has 0 atom stereocenters. The number of quaternary nitrogens is 1. The summed E-state index contributed by atoms with van der Waals surface area (Å²) in [5.41, 5.74) is 1.24. The van der Waals surface area contributed by atoms with Crippen molar-refractivity contribution >= 4 is 17.3 Å². The van der Waals surface area contributed by atoms with Gasteiger partial charge in [-0.25, -0.2) is 0 Å². The molecule has 1 aromatic rings. The van der Waals surface area contributed by atoms with E-state index in [1.54, 1.807) is 0 Å². The molecule has 4 nitrogen and oxygen atoms in total. The maximum atomic E-state index is 8.93. The molecular formula is C14H22N3OS+. The topological polar surface area (TPSA) is 39.9 Å². The fourth-order valence-electron chi connectivity index (χ4n) is 2.32. The minimum absolute atomic E-state index is 0.270. The minimum atomic E-state index is 0.270. The van der Waals surface area contributed by atoms with Gasteiger partial charge in [0.1, 0.15) is 6.54 Å². The molecule has 5 heteroatoms. The zero-order chi connectivity index (χ0) is 13.5. The second kappa shape index (κ2) is 7.43. The molecule has 0 bridgehead atoms. The molecule has 0 aromatic heterocycles. The summed E-state index contributed by atoms with van der Waals surface area (Å²) in [7, 11) is 0. The Labute approximate surface area is 120 Å². The zero-order valence-corrected chi connectivity index (χ0v) is 12.0. The van der Waals surface area contributed by atoms with E-state index in [1.165, 1.54) is 10.5 Å². The summed E-state index contributed by atoms with van der Waals surface area (Å²) < 4.78 is 0. The molecular weight excluding hydrogens is 258 g/mol. The van der Waals surface area contributed by atoms with E-state index in [4.69, 9.17) is 17.3 Å². The van der Waals surface area contributed by atoms with Crippen molar-refractivity contribution in [3.05, 3.63) is 35.9 Å². The highest BCUT2D eigenvalue weighted by atomic mass is 32.1. The van der Waals surface area contributed by atoms with Gasteiger partial charge in [0.2, 0.25) is 0 Å². The van der Waals surface area contributed by atoms with Gasteiger partial charge in [-0.1, -0.05) is 30.3 Å². The van der Waals surface area contributed by atoms with Gasteiger partial charge in [0.15, 0.2) is 5.11 Å². The first-order chi connectivity index (χ1) is 9.29. The first-order valence-electron chi connectivity index (χ1n) is 6.80. The third kappa shape index (κ3) is 4.45. The fraction of sp³-hybridized carbons (Fsp3) is 0.500. The molecule has 1 heterocycles. The molecule has 0 saturated carbocycles. The van der Waals surface area contributed by atoms with Gasteiger partial charge in [-0.3, -0.25) is 0 Å². The number of aliphatic hydroxyl groups is 1. The van der Waals surface area contributed by atoms with Crippen molar-refractivity contribution in [1.29, 1.82) is 0 Å². The predicted molar refractivity (Wildman–Crippen MR) is 80.1 cm³/mol. The van der Waals surface area contributed by atoms with Crippen LogP contribution in [0.25, 0.3) is 0 Å². The molecule has 104 valence electrons. The molecule has 1 saturated heterocycles. The van der Waals surface area contributed by atoms with Crippen LogP contribution in [0.4, 0.5) is 0 Å². The van der Waals surface area contributed by atoms with E-state index in [0.717, 1.165) is 44.4 Å². The maximum Gasteiger partial charge on any atom is 0.169 e. The average molecular weight is 280 g/mol. The first kappa shape index (κ1) is 14.2. The maximum absolute atomic E-state index is 8.93. The predicted octanol–water partition coefficient (Wildman–Crippen LogP) is -0.746. The second-order valence-corrected chi connectivity index (χ2v) is 5.24. The molecule has 0 spiro atoms. The summed E-state index contributed by atoms with van der Waals surface area (Å²) in [5, 5.41) is 13.1. The van der Waals surface area contributed by atoms with Crippen molar-refractivity contribution in [1.82, 2.24) is 10.2 Å². The van der Waals surface area contributed by atoms with Crippen LogP contribution in [-0.2, 0) is 6.54 Å². The molecule has 0 unspecified atom stereocenters. The molecule has 1 aliphatic heterocycles. The Bertz CT molecular complexity index is 391.